The number of ether oxygens (including phenoxy) is 1. The number of carbonyl (C=O) groups is 3. The van der Waals surface area contributed by atoms with E-state index < -0.39 is 0 Å². The van der Waals surface area contributed by atoms with Gasteiger partial charge in [0, 0.05) is 45.7 Å². The van der Waals surface area contributed by atoms with Gasteiger partial charge in [0.1, 0.15) is 5.75 Å². The summed E-state index contributed by atoms with van der Waals surface area (Å²) in [6, 6.07) is 7.75. The van der Waals surface area contributed by atoms with Crippen LogP contribution in [0.4, 0.5) is 0 Å². The van der Waals surface area contributed by atoms with Crippen LogP contribution in [0.15, 0.2) is 36.9 Å². The molecule has 7 nitrogen and oxygen atoms in total. The number of benzene rings is 1. The Balaban J connectivity index is 1.42. The number of amides is 3. The predicted molar refractivity (Wildman–Crippen MR) is 109 cm³/mol. The Kier molecular flexibility index (Phi) is 6.90. The van der Waals surface area contributed by atoms with Gasteiger partial charge in [-0.3, -0.25) is 14.4 Å². The lowest BCUT2D eigenvalue weighted by Crippen LogP contribution is -2.52. The highest BCUT2D eigenvalue weighted by Gasteiger charge is 2.34. The molecule has 0 spiro atoms. The van der Waals surface area contributed by atoms with Gasteiger partial charge in [-0.15, -0.1) is 0 Å². The summed E-state index contributed by atoms with van der Waals surface area (Å²) in [6.45, 7) is 6.81. The van der Waals surface area contributed by atoms with E-state index in [1.54, 1.807) is 12.0 Å². The maximum absolute atomic E-state index is 12.7. The van der Waals surface area contributed by atoms with Crippen LogP contribution in [0.2, 0.25) is 0 Å². The molecule has 1 atom stereocenters. The number of piperazine rings is 1. The van der Waals surface area contributed by atoms with Crippen molar-refractivity contribution in [2.75, 3.05) is 46.4 Å². The molecule has 156 valence electrons. The largest absolute Gasteiger partial charge is 0.497 e. The molecular formula is C22H29N3O4. The Morgan fingerprint density at radius 1 is 1.03 bits per heavy atom. The van der Waals surface area contributed by atoms with Gasteiger partial charge in [0.2, 0.25) is 17.7 Å². The summed E-state index contributed by atoms with van der Waals surface area (Å²) in [4.78, 5) is 42.3. The number of hydrogen-bond donors (Lipinski definition) is 0. The van der Waals surface area contributed by atoms with E-state index >= 15 is 0 Å². The molecule has 2 saturated heterocycles. The summed E-state index contributed by atoms with van der Waals surface area (Å²) in [5.74, 6) is 0.759. The van der Waals surface area contributed by atoms with Gasteiger partial charge in [0.15, 0.2) is 0 Å². The Hall–Kier alpha value is -2.83. The third-order valence-electron chi connectivity index (χ3n) is 5.75. The number of carbonyl (C=O) groups excluding carboxylic acids is 3. The molecule has 0 aliphatic carbocycles. The summed E-state index contributed by atoms with van der Waals surface area (Å²) in [5.41, 5.74) is 1.10. The molecule has 0 bridgehead atoms. The third-order valence-corrected chi connectivity index (χ3v) is 5.75. The maximum atomic E-state index is 12.7. The monoisotopic (exact) mass is 399 g/mol. The van der Waals surface area contributed by atoms with Crippen molar-refractivity contribution in [3.05, 3.63) is 42.5 Å². The molecule has 2 aliphatic rings. The summed E-state index contributed by atoms with van der Waals surface area (Å²) in [5, 5.41) is 0. The lowest BCUT2D eigenvalue weighted by Gasteiger charge is -2.36. The van der Waals surface area contributed by atoms with E-state index in [-0.39, 0.29) is 23.6 Å². The number of likely N-dealkylation sites (tertiary alicyclic amines) is 1. The lowest BCUT2D eigenvalue weighted by molar-refractivity contribution is -0.142. The minimum absolute atomic E-state index is 0.0923. The van der Waals surface area contributed by atoms with Gasteiger partial charge in [-0.25, -0.2) is 0 Å². The third kappa shape index (κ3) is 5.16. The minimum Gasteiger partial charge on any atom is -0.497 e. The summed E-state index contributed by atoms with van der Waals surface area (Å²) in [6.07, 6.45) is 3.14. The van der Waals surface area contributed by atoms with E-state index in [2.05, 4.69) is 6.58 Å². The van der Waals surface area contributed by atoms with E-state index in [0.29, 0.717) is 58.5 Å². The molecule has 7 heteroatoms. The maximum Gasteiger partial charge on any atom is 0.245 e. The zero-order valence-electron chi connectivity index (χ0n) is 17.0. The lowest BCUT2D eigenvalue weighted by atomic mass is 10.1. The van der Waals surface area contributed by atoms with Crippen molar-refractivity contribution < 1.29 is 19.1 Å². The molecule has 0 aromatic heterocycles. The Labute approximate surface area is 171 Å². The number of nitrogens with zero attached hydrogens (tertiary/aromatic N) is 3. The molecular weight excluding hydrogens is 370 g/mol. The van der Waals surface area contributed by atoms with Crippen molar-refractivity contribution in [1.29, 1.82) is 0 Å². The van der Waals surface area contributed by atoms with Gasteiger partial charge in [-0.1, -0.05) is 18.7 Å². The van der Waals surface area contributed by atoms with E-state index in [0.717, 1.165) is 11.3 Å². The molecule has 0 N–H and O–H groups in total. The number of hydrogen-bond acceptors (Lipinski definition) is 4. The van der Waals surface area contributed by atoms with Crippen LogP contribution in [0.25, 0.3) is 0 Å². The molecule has 0 saturated carbocycles. The topological polar surface area (TPSA) is 70.2 Å². The van der Waals surface area contributed by atoms with Crippen LogP contribution in [-0.2, 0) is 20.8 Å². The molecule has 2 aliphatic heterocycles. The standard InChI is InChI=1S/C22H29N3O4/c1-3-20(26)25-11-10-18(16-25)22(28)24-14-12-23(13-15-24)21(27)9-6-17-4-7-19(29-2)8-5-17/h3-5,7-8,18H,1,6,9-16H2,2H3. The van der Waals surface area contributed by atoms with Gasteiger partial charge in [0.05, 0.1) is 13.0 Å². The van der Waals surface area contributed by atoms with Gasteiger partial charge in [-0.2, -0.15) is 0 Å². The van der Waals surface area contributed by atoms with Crippen LogP contribution in [0.1, 0.15) is 18.4 Å². The van der Waals surface area contributed by atoms with Gasteiger partial charge in [0.25, 0.3) is 0 Å². The van der Waals surface area contributed by atoms with E-state index in [4.69, 9.17) is 4.74 Å². The predicted octanol–water partition coefficient (Wildman–Crippen LogP) is 1.33. The van der Waals surface area contributed by atoms with E-state index in [1.807, 2.05) is 34.1 Å². The van der Waals surface area contributed by atoms with Crippen LogP contribution < -0.4 is 4.74 Å². The minimum atomic E-state index is -0.142. The van der Waals surface area contributed by atoms with Crippen molar-refractivity contribution in [3.63, 3.8) is 0 Å². The van der Waals surface area contributed by atoms with Crippen LogP contribution in [-0.4, -0.2) is 78.8 Å². The van der Waals surface area contributed by atoms with Crippen molar-refractivity contribution >= 4 is 17.7 Å². The summed E-state index contributed by atoms with van der Waals surface area (Å²) in [7, 11) is 1.63. The smallest absolute Gasteiger partial charge is 0.245 e. The SMILES string of the molecule is C=CC(=O)N1CCC(C(=O)N2CCN(C(=O)CCc3ccc(OC)cc3)CC2)C1. The molecule has 3 rings (SSSR count). The molecule has 3 amide bonds. The first-order valence-corrected chi connectivity index (χ1v) is 10.1. The van der Waals surface area contributed by atoms with Gasteiger partial charge < -0.3 is 19.4 Å². The zero-order chi connectivity index (χ0) is 20.8. The molecule has 29 heavy (non-hydrogen) atoms. The number of methoxy groups -OCH3 is 1. The molecule has 0 radical (unpaired) electrons. The number of rotatable bonds is 6. The molecule has 1 unspecified atom stereocenters. The normalized spacial score (nSPS) is 19.2. The Bertz CT molecular complexity index is 754. The molecule has 1 aromatic carbocycles. The average Bonchev–Trinajstić information content (AvgIpc) is 3.27. The fourth-order valence-corrected chi connectivity index (χ4v) is 3.93. The second-order valence-corrected chi connectivity index (χ2v) is 7.53. The van der Waals surface area contributed by atoms with Crippen LogP contribution >= 0.6 is 0 Å². The van der Waals surface area contributed by atoms with Crippen molar-refractivity contribution in [1.82, 2.24) is 14.7 Å². The van der Waals surface area contributed by atoms with Gasteiger partial charge in [-0.05, 0) is 36.6 Å². The van der Waals surface area contributed by atoms with Crippen LogP contribution in [0.3, 0.4) is 0 Å². The fraction of sp³-hybridized carbons (Fsp3) is 0.500. The van der Waals surface area contributed by atoms with Crippen molar-refractivity contribution in [2.24, 2.45) is 5.92 Å². The molecule has 2 fully saturated rings. The zero-order valence-corrected chi connectivity index (χ0v) is 17.0. The van der Waals surface area contributed by atoms with Gasteiger partial charge >= 0.3 is 0 Å². The molecule has 1 aromatic rings. The van der Waals surface area contributed by atoms with Crippen molar-refractivity contribution in [2.45, 2.75) is 19.3 Å². The highest BCUT2D eigenvalue weighted by molar-refractivity contribution is 5.88. The summed E-state index contributed by atoms with van der Waals surface area (Å²) >= 11 is 0. The first-order valence-electron chi connectivity index (χ1n) is 10.1. The Morgan fingerprint density at radius 3 is 2.31 bits per heavy atom. The second kappa shape index (κ2) is 9.58. The highest BCUT2D eigenvalue weighted by Crippen LogP contribution is 2.20. The highest BCUT2D eigenvalue weighted by atomic mass is 16.5. The quantitative estimate of drug-likeness (QED) is 0.677. The number of aryl methyl sites for hydroxylation is 1. The van der Waals surface area contributed by atoms with Crippen LogP contribution in [0, 0.1) is 5.92 Å². The van der Waals surface area contributed by atoms with E-state index in [9.17, 15) is 14.4 Å². The fourth-order valence-electron chi connectivity index (χ4n) is 3.93. The van der Waals surface area contributed by atoms with E-state index in [1.165, 1.54) is 6.08 Å². The second-order valence-electron chi connectivity index (χ2n) is 7.53. The Morgan fingerprint density at radius 2 is 1.69 bits per heavy atom. The van der Waals surface area contributed by atoms with Crippen molar-refractivity contribution in [3.8, 4) is 5.75 Å². The average molecular weight is 399 g/mol. The molecule has 2 heterocycles. The summed E-state index contributed by atoms with van der Waals surface area (Å²) < 4.78 is 5.15. The first-order chi connectivity index (χ1) is 14.0. The van der Waals surface area contributed by atoms with Crippen LogP contribution in [0.5, 0.6) is 5.75 Å². The first kappa shape index (κ1) is 20.9.